The molecule has 16 heavy (non-hydrogen) atoms. The predicted octanol–water partition coefficient (Wildman–Crippen LogP) is 2.28. The lowest BCUT2D eigenvalue weighted by atomic mass is 10.1. The fraction of sp³-hybridized carbons (Fsp3) is 0.222. The van der Waals surface area contributed by atoms with Gasteiger partial charge in [-0.2, -0.15) is 5.26 Å². The smallest absolute Gasteiger partial charge is 0.266 e. The molecule has 4 nitrogen and oxygen atoms in total. The highest BCUT2D eigenvalue weighted by atomic mass is 35.5. The number of carbonyl (C=O) groups is 1. The maximum absolute atomic E-state index is 12.7. The van der Waals surface area contributed by atoms with E-state index in [1.165, 1.54) is 6.07 Å². The van der Waals surface area contributed by atoms with Crippen molar-refractivity contribution >= 4 is 16.8 Å². The third-order valence-corrected chi connectivity index (χ3v) is 2.00. The molecule has 1 aromatic heterocycles. The van der Waals surface area contributed by atoms with Crippen molar-refractivity contribution in [3.8, 4) is 11.9 Å². The van der Waals surface area contributed by atoms with Gasteiger partial charge in [0.05, 0.1) is 18.2 Å². The van der Waals surface area contributed by atoms with Crippen LogP contribution in [0.2, 0.25) is 0 Å². The summed E-state index contributed by atoms with van der Waals surface area (Å²) in [7, 11) is 1.16. The highest BCUT2D eigenvalue weighted by molar-refractivity contribution is 6.68. The predicted molar refractivity (Wildman–Crippen MR) is 50.6 cm³/mol. The summed E-state index contributed by atoms with van der Waals surface area (Å²) < 4.78 is 30.1. The molecule has 0 aliphatic carbocycles. The Morgan fingerprint density at radius 3 is 2.69 bits per heavy atom. The van der Waals surface area contributed by atoms with Crippen LogP contribution in [-0.4, -0.2) is 17.3 Å². The SMILES string of the molecule is COc1ncc(C#N)c(C(F)F)c1C(=O)Cl. The number of hydrogen-bond acceptors (Lipinski definition) is 4. The van der Waals surface area contributed by atoms with Gasteiger partial charge >= 0.3 is 0 Å². The van der Waals surface area contributed by atoms with Crippen LogP contribution in [0, 0.1) is 11.3 Å². The zero-order valence-corrected chi connectivity index (χ0v) is 8.76. The third kappa shape index (κ3) is 2.09. The first-order valence-corrected chi connectivity index (χ1v) is 4.35. The maximum Gasteiger partial charge on any atom is 0.266 e. The fourth-order valence-corrected chi connectivity index (χ4v) is 1.35. The summed E-state index contributed by atoms with van der Waals surface area (Å²) in [6.07, 6.45) is -2.10. The van der Waals surface area contributed by atoms with Crippen molar-refractivity contribution < 1.29 is 18.3 Å². The van der Waals surface area contributed by atoms with Gasteiger partial charge in [0, 0.05) is 6.20 Å². The summed E-state index contributed by atoms with van der Waals surface area (Å²) in [4.78, 5) is 14.6. The van der Waals surface area contributed by atoms with Gasteiger partial charge in [-0.3, -0.25) is 4.79 Å². The Kier molecular flexibility index (Phi) is 3.74. The third-order valence-electron chi connectivity index (χ3n) is 1.81. The van der Waals surface area contributed by atoms with Gasteiger partial charge in [-0.25, -0.2) is 13.8 Å². The first-order valence-electron chi connectivity index (χ1n) is 3.97. The molecule has 0 aliphatic heterocycles. The fourth-order valence-electron chi connectivity index (χ4n) is 1.17. The summed E-state index contributed by atoms with van der Waals surface area (Å²) in [5.74, 6) is -0.325. The molecule has 0 fully saturated rings. The quantitative estimate of drug-likeness (QED) is 0.768. The number of hydrogen-bond donors (Lipinski definition) is 0. The molecule has 1 aromatic rings. The number of ether oxygens (including phenoxy) is 1. The van der Waals surface area contributed by atoms with E-state index in [1.807, 2.05) is 0 Å². The largest absolute Gasteiger partial charge is 0.480 e. The van der Waals surface area contributed by atoms with Gasteiger partial charge in [0.1, 0.15) is 11.6 Å². The van der Waals surface area contributed by atoms with Crippen molar-refractivity contribution in [1.29, 1.82) is 5.26 Å². The Balaban J connectivity index is 3.61. The van der Waals surface area contributed by atoms with Crippen LogP contribution in [0.25, 0.3) is 0 Å². The number of nitriles is 1. The standard InChI is InChI=1S/C9H5ClF2N2O2/c1-16-9-6(7(10)15)5(8(11)12)4(2-13)3-14-9/h3,8H,1H3. The molecule has 1 heterocycles. The van der Waals surface area contributed by atoms with E-state index in [2.05, 4.69) is 9.72 Å². The molecule has 0 spiro atoms. The van der Waals surface area contributed by atoms with Gasteiger partial charge in [0.25, 0.3) is 11.7 Å². The lowest BCUT2D eigenvalue weighted by Crippen LogP contribution is -2.06. The number of alkyl halides is 2. The zero-order valence-electron chi connectivity index (χ0n) is 8.00. The minimum atomic E-state index is -3.01. The summed E-state index contributed by atoms with van der Waals surface area (Å²) in [6.45, 7) is 0. The van der Waals surface area contributed by atoms with E-state index < -0.39 is 28.4 Å². The molecule has 0 amide bonds. The normalized spacial score (nSPS) is 10.0. The van der Waals surface area contributed by atoms with E-state index in [1.54, 1.807) is 0 Å². The lowest BCUT2D eigenvalue weighted by molar-refractivity contribution is 0.106. The molecule has 0 atom stereocenters. The second kappa shape index (κ2) is 4.86. The van der Waals surface area contributed by atoms with Crippen molar-refractivity contribution in [2.75, 3.05) is 7.11 Å². The Morgan fingerprint density at radius 2 is 2.31 bits per heavy atom. The van der Waals surface area contributed by atoms with Gasteiger partial charge < -0.3 is 4.74 Å². The van der Waals surface area contributed by atoms with Gasteiger partial charge in [0.2, 0.25) is 5.88 Å². The van der Waals surface area contributed by atoms with E-state index in [9.17, 15) is 13.6 Å². The molecule has 0 radical (unpaired) electrons. The summed E-state index contributed by atoms with van der Waals surface area (Å²) in [5, 5.41) is 7.48. The first kappa shape index (κ1) is 12.3. The number of rotatable bonds is 3. The van der Waals surface area contributed by atoms with E-state index in [0.29, 0.717) is 0 Å². The highest BCUT2D eigenvalue weighted by Gasteiger charge is 2.26. The van der Waals surface area contributed by atoms with Crippen LogP contribution in [0.3, 0.4) is 0 Å². The number of nitrogens with zero attached hydrogens (tertiary/aromatic N) is 2. The second-order valence-corrected chi connectivity index (χ2v) is 3.00. The molecule has 0 aromatic carbocycles. The average Bonchev–Trinajstić information content (AvgIpc) is 2.26. The van der Waals surface area contributed by atoms with Crippen molar-refractivity contribution in [2.45, 2.75) is 6.43 Å². The molecule has 0 bridgehead atoms. The monoisotopic (exact) mass is 246 g/mol. The molecule has 1 rings (SSSR count). The van der Waals surface area contributed by atoms with E-state index in [4.69, 9.17) is 16.9 Å². The van der Waals surface area contributed by atoms with Crippen molar-refractivity contribution in [3.05, 3.63) is 22.9 Å². The molecule has 0 N–H and O–H groups in total. The van der Waals surface area contributed by atoms with Gasteiger partial charge in [-0.1, -0.05) is 0 Å². The number of carbonyl (C=O) groups excluding carboxylic acids is 1. The van der Waals surface area contributed by atoms with Crippen LogP contribution >= 0.6 is 11.6 Å². The molecule has 0 aliphatic rings. The number of halogens is 3. The number of aromatic nitrogens is 1. The molecule has 0 unspecified atom stereocenters. The minimum absolute atomic E-state index is 0.325. The number of methoxy groups -OCH3 is 1. The molecular formula is C9H5ClF2N2O2. The maximum atomic E-state index is 12.7. The highest BCUT2D eigenvalue weighted by Crippen LogP contribution is 2.32. The summed E-state index contributed by atoms with van der Waals surface area (Å²) in [6, 6.07) is 1.51. The zero-order chi connectivity index (χ0) is 12.3. The average molecular weight is 247 g/mol. The van der Waals surface area contributed by atoms with E-state index in [-0.39, 0.29) is 5.88 Å². The van der Waals surface area contributed by atoms with Crippen molar-refractivity contribution in [2.24, 2.45) is 0 Å². The molecule has 7 heteroatoms. The Hall–Kier alpha value is -1.74. The van der Waals surface area contributed by atoms with Crippen LogP contribution in [0.1, 0.15) is 27.9 Å². The van der Waals surface area contributed by atoms with Gasteiger partial charge in [-0.15, -0.1) is 0 Å². The molecule has 84 valence electrons. The molecule has 0 saturated heterocycles. The summed E-state index contributed by atoms with van der Waals surface area (Å²) >= 11 is 5.16. The minimum Gasteiger partial charge on any atom is -0.480 e. The Morgan fingerprint density at radius 1 is 1.69 bits per heavy atom. The molecule has 0 saturated carbocycles. The Labute approximate surface area is 94.4 Å². The van der Waals surface area contributed by atoms with Crippen LogP contribution in [0.4, 0.5) is 8.78 Å². The van der Waals surface area contributed by atoms with Crippen LogP contribution in [0.5, 0.6) is 5.88 Å². The van der Waals surface area contributed by atoms with Crippen LogP contribution in [0.15, 0.2) is 6.20 Å². The van der Waals surface area contributed by atoms with Gasteiger partial charge in [-0.05, 0) is 11.6 Å². The lowest BCUT2D eigenvalue weighted by Gasteiger charge is -2.10. The van der Waals surface area contributed by atoms with E-state index >= 15 is 0 Å². The number of pyridine rings is 1. The summed E-state index contributed by atoms with van der Waals surface area (Å²) in [5.41, 5.74) is -1.73. The van der Waals surface area contributed by atoms with Crippen molar-refractivity contribution in [3.63, 3.8) is 0 Å². The topological polar surface area (TPSA) is 63.0 Å². The van der Waals surface area contributed by atoms with Gasteiger partial charge in [0.15, 0.2) is 0 Å². The van der Waals surface area contributed by atoms with E-state index in [0.717, 1.165) is 13.3 Å². The van der Waals surface area contributed by atoms with Crippen molar-refractivity contribution in [1.82, 2.24) is 4.98 Å². The second-order valence-electron chi connectivity index (χ2n) is 2.66. The Bertz CT molecular complexity index is 471. The molecular weight excluding hydrogens is 242 g/mol. The first-order chi connectivity index (χ1) is 7.52. The van der Waals surface area contributed by atoms with Crippen LogP contribution in [-0.2, 0) is 0 Å². The van der Waals surface area contributed by atoms with Crippen LogP contribution < -0.4 is 4.74 Å².